The highest BCUT2D eigenvalue weighted by atomic mass is 16.1. The molecular formula is C16H12N4O. The second kappa shape index (κ2) is 5.10. The van der Waals surface area contributed by atoms with Crippen molar-refractivity contribution in [1.82, 2.24) is 14.4 Å². The molecule has 0 saturated carbocycles. The molecular weight excluding hydrogens is 264 g/mol. The average Bonchev–Trinajstić information content (AvgIpc) is 2.98. The Labute approximate surface area is 121 Å². The van der Waals surface area contributed by atoms with Gasteiger partial charge in [-0.2, -0.15) is 0 Å². The Morgan fingerprint density at radius 3 is 2.76 bits per heavy atom. The Morgan fingerprint density at radius 2 is 2.05 bits per heavy atom. The summed E-state index contributed by atoms with van der Waals surface area (Å²) in [6, 6.07) is 7.04. The van der Waals surface area contributed by atoms with Crippen LogP contribution < -0.4 is 5.32 Å². The quantitative estimate of drug-likeness (QED) is 0.730. The van der Waals surface area contributed by atoms with Crippen LogP contribution in [-0.2, 0) is 0 Å². The van der Waals surface area contributed by atoms with Crippen LogP contribution >= 0.6 is 0 Å². The molecule has 0 aliphatic heterocycles. The maximum atomic E-state index is 12.3. The van der Waals surface area contributed by atoms with Crippen LogP contribution in [0, 0.1) is 19.3 Å². The Hall–Kier alpha value is -3.13. The molecule has 5 heteroatoms. The van der Waals surface area contributed by atoms with E-state index in [1.165, 1.54) is 0 Å². The van der Waals surface area contributed by atoms with Crippen molar-refractivity contribution in [2.45, 2.75) is 6.92 Å². The number of carbonyl (C=O) groups is 1. The molecule has 3 aromatic rings. The van der Waals surface area contributed by atoms with Crippen molar-refractivity contribution in [3.63, 3.8) is 0 Å². The maximum absolute atomic E-state index is 12.3. The molecule has 0 fully saturated rings. The minimum absolute atomic E-state index is 0.284. The summed E-state index contributed by atoms with van der Waals surface area (Å²) in [5, 5.41) is 2.79. The Balaban J connectivity index is 1.92. The fraction of sp³-hybridized carbons (Fsp3) is 0.0625. The van der Waals surface area contributed by atoms with E-state index in [4.69, 9.17) is 6.42 Å². The number of aromatic nitrogens is 3. The van der Waals surface area contributed by atoms with Gasteiger partial charge in [-0.15, -0.1) is 6.42 Å². The second-order valence-corrected chi connectivity index (χ2v) is 4.54. The third kappa shape index (κ3) is 2.35. The van der Waals surface area contributed by atoms with Gasteiger partial charge in [0, 0.05) is 35.5 Å². The van der Waals surface area contributed by atoms with Gasteiger partial charge in [-0.3, -0.25) is 4.79 Å². The molecule has 0 unspecified atom stereocenters. The topological polar surface area (TPSA) is 59.3 Å². The van der Waals surface area contributed by atoms with E-state index < -0.39 is 0 Å². The zero-order chi connectivity index (χ0) is 14.8. The van der Waals surface area contributed by atoms with Gasteiger partial charge in [-0.25, -0.2) is 9.97 Å². The van der Waals surface area contributed by atoms with Crippen molar-refractivity contribution in [2.75, 3.05) is 5.32 Å². The molecule has 0 spiro atoms. The number of terminal acetylenes is 1. The van der Waals surface area contributed by atoms with Crippen LogP contribution in [0.1, 0.15) is 21.7 Å². The first kappa shape index (κ1) is 12.9. The highest BCUT2D eigenvalue weighted by Crippen LogP contribution is 2.13. The van der Waals surface area contributed by atoms with Gasteiger partial charge in [0.15, 0.2) is 11.3 Å². The molecule has 2 heterocycles. The van der Waals surface area contributed by atoms with E-state index in [1.807, 2.05) is 11.3 Å². The monoisotopic (exact) mass is 276 g/mol. The fourth-order valence-corrected chi connectivity index (χ4v) is 2.04. The molecule has 102 valence electrons. The molecule has 1 aromatic carbocycles. The Bertz CT molecular complexity index is 856. The van der Waals surface area contributed by atoms with Crippen molar-refractivity contribution in [1.29, 1.82) is 0 Å². The lowest BCUT2D eigenvalue weighted by atomic mass is 10.2. The summed E-state index contributed by atoms with van der Waals surface area (Å²) in [4.78, 5) is 20.7. The fourth-order valence-electron chi connectivity index (χ4n) is 2.04. The summed E-state index contributed by atoms with van der Waals surface area (Å²) in [6.07, 6.45) is 10.4. The lowest BCUT2D eigenvalue weighted by molar-refractivity contribution is 0.102. The number of fused-ring (bicyclic) bond motifs is 1. The number of hydrogen-bond acceptors (Lipinski definition) is 3. The standard InChI is InChI=1S/C16H12N4O/c1-3-12-4-6-13(7-5-12)19-16(21)14-15-17-8-9-20(15)11(2)10-18-14/h1,4-10H,2H3,(H,19,21). The Kier molecular flexibility index (Phi) is 3.13. The van der Waals surface area contributed by atoms with Crippen molar-refractivity contribution in [2.24, 2.45) is 0 Å². The molecule has 0 atom stereocenters. The lowest BCUT2D eigenvalue weighted by Crippen LogP contribution is -2.15. The van der Waals surface area contributed by atoms with Crippen molar-refractivity contribution < 1.29 is 4.79 Å². The van der Waals surface area contributed by atoms with Crippen molar-refractivity contribution in [3.05, 3.63) is 59.8 Å². The molecule has 0 saturated heterocycles. The summed E-state index contributed by atoms with van der Waals surface area (Å²) < 4.78 is 1.82. The van der Waals surface area contributed by atoms with Gasteiger partial charge in [0.1, 0.15) is 0 Å². The van der Waals surface area contributed by atoms with E-state index in [0.717, 1.165) is 11.3 Å². The minimum atomic E-state index is -0.306. The first-order valence-electron chi connectivity index (χ1n) is 6.36. The van der Waals surface area contributed by atoms with E-state index in [2.05, 4.69) is 21.2 Å². The number of imidazole rings is 1. The van der Waals surface area contributed by atoms with Crippen LogP contribution in [-0.4, -0.2) is 20.3 Å². The molecule has 0 aliphatic rings. The smallest absolute Gasteiger partial charge is 0.278 e. The zero-order valence-corrected chi connectivity index (χ0v) is 11.4. The zero-order valence-electron chi connectivity index (χ0n) is 11.4. The Morgan fingerprint density at radius 1 is 1.29 bits per heavy atom. The van der Waals surface area contributed by atoms with Crippen molar-refractivity contribution in [3.8, 4) is 12.3 Å². The summed E-state index contributed by atoms with van der Waals surface area (Å²) in [6.45, 7) is 1.90. The predicted molar refractivity (Wildman–Crippen MR) is 80.1 cm³/mol. The number of benzene rings is 1. The normalized spacial score (nSPS) is 10.3. The maximum Gasteiger partial charge on any atom is 0.278 e. The molecule has 0 aliphatic carbocycles. The molecule has 21 heavy (non-hydrogen) atoms. The predicted octanol–water partition coefficient (Wildman–Crippen LogP) is 2.27. The van der Waals surface area contributed by atoms with Gasteiger partial charge in [0.05, 0.1) is 0 Å². The van der Waals surface area contributed by atoms with Crippen LogP contribution in [0.4, 0.5) is 5.69 Å². The van der Waals surface area contributed by atoms with Crippen LogP contribution in [0.5, 0.6) is 0 Å². The number of rotatable bonds is 2. The van der Waals surface area contributed by atoms with Crippen LogP contribution in [0.3, 0.4) is 0 Å². The highest BCUT2D eigenvalue weighted by Gasteiger charge is 2.14. The summed E-state index contributed by atoms with van der Waals surface area (Å²) in [7, 11) is 0. The summed E-state index contributed by atoms with van der Waals surface area (Å²) >= 11 is 0. The number of hydrogen-bond donors (Lipinski definition) is 1. The van der Waals surface area contributed by atoms with Gasteiger partial charge < -0.3 is 9.72 Å². The van der Waals surface area contributed by atoms with E-state index in [-0.39, 0.29) is 11.6 Å². The van der Waals surface area contributed by atoms with E-state index in [0.29, 0.717) is 11.3 Å². The van der Waals surface area contributed by atoms with E-state index >= 15 is 0 Å². The van der Waals surface area contributed by atoms with Gasteiger partial charge in [-0.1, -0.05) is 5.92 Å². The molecule has 1 amide bonds. The first-order valence-corrected chi connectivity index (χ1v) is 6.36. The number of nitrogens with one attached hydrogen (secondary N) is 1. The number of carbonyl (C=O) groups excluding carboxylic acids is 1. The van der Waals surface area contributed by atoms with Gasteiger partial charge in [0.25, 0.3) is 5.91 Å². The highest BCUT2D eigenvalue weighted by molar-refractivity contribution is 6.06. The third-order valence-corrected chi connectivity index (χ3v) is 3.14. The van der Waals surface area contributed by atoms with Gasteiger partial charge >= 0.3 is 0 Å². The van der Waals surface area contributed by atoms with Crippen LogP contribution in [0.15, 0.2) is 42.9 Å². The molecule has 3 rings (SSSR count). The molecule has 1 N–H and O–H groups in total. The molecule has 5 nitrogen and oxygen atoms in total. The third-order valence-electron chi connectivity index (χ3n) is 3.14. The van der Waals surface area contributed by atoms with E-state index in [9.17, 15) is 4.79 Å². The molecule has 0 bridgehead atoms. The average molecular weight is 276 g/mol. The summed E-state index contributed by atoms with van der Waals surface area (Å²) in [5.74, 6) is 2.22. The van der Waals surface area contributed by atoms with Gasteiger partial charge in [-0.05, 0) is 31.2 Å². The largest absolute Gasteiger partial charge is 0.321 e. The lowest BCUT2D eigenvalue weighted by Gasteiger charge is -2.07. The number of anilines is 1. The SMILES string of the molecule is C#Cc1ccc(NC(=O)c2ncc(C)n3ccnc23)cc1. The first-order chi connectivity index (χ1) is 10.2. The second-order valence-electron chi connectivity index (χ2n) is 4.54. The van der Waals surface area contributed by atoms with Crippen molar-refractivity contribution >= 4 is 17.2 Å². The van der Waals surface area contributed by atoms with Crippen LogP contribution in [0.25, 0.3) is 5.65 Å². The number of nitrogens with zero attached hydrogens (tertiary/aromatic N) is 3. The molecule has 2 aromatic heterocycles. The van der Waals surface area contributed by atoms with Gasteiger partial charge in [0.2, 0.25) is 0 Å². The number of aryl methyl sites for hydroxylation is 1. The number of amides is 1. The van der Waals surface area contributed by atoms with Crippen LogP contribution in [0.2, 0.25) is 0 Å². The summed E-state index contributed by atoms with van der Waals surface area (Å²) in [5.41, 5.74) is 3.15. The molecule has 0 radical (unpaired) electrons. The minimum Gasteiger partial charge on any atom is -0.321 e. The van der Waals surface area contributed by atoms with E-state index in [1.54, 1.807) is 42.9 Å².